The maximum absolute atomic E-state index is 13.7. The summed E-state index contributed by atoms with van der Waals surface area (Å²) in [7, 11) is -0.835. The van der Waals surface area contributed by atoms with Gasteiger partial charge in [0.1, 0.15) is 21.8 Å². The van der Waals surface area contributed by atoms with Crippen LogP contribution in [0.15, 0.2) is 118 Å². The number of aromatic nitrogens is 4. The van der Waals surface area contributed by atoms with Crippen LogP contribution in [0, 0.1) is 11.3 Å². The zero-order valence-corrected chi connectivity index (χ0v) is 27.2. The van der Waals surface area contributed by atoms with Crippen LogP contribution in [-0.2, 0) is 22.9 Å². The van der Waals surface area contributed by atoms with E-state index < -0.39 is 9.84 Å². The Balaban J connectivity index is 1.58. The summed E-state index contributed by atoms with van der Waals surface area (Å²) in [5.41, 5.74) is 3.72. The molecule has 10 nitrogen and oxygen atoms in total. The average Bonchev–Trinajstić information content (AvgIpc) is 3.57. The number of methoxy groups -OCH3 is 2. The molecule has 0 aliphatic heterocycles. The van der Waals surface area contributed by atoms with Crippen LogP contribution in [0.5, 0.6) is 11.5 Å². The van der Waals surface area contributed by atoms with Crippen molar-refractivity contribution in [3.05, 3.63) is 124 Å². The van der Waals surface area contributed by atoms with Gasteiger partial charge in [-0.05, 0) is 75.6 Å². The molecule has 0 spiro atoms. The minimum atomic E-state index is -4.06. The first-order chi connectivity index (χ1) is 22.3. The maximum atomic E-state index is 13.7. The molecule has 0 saturated heterocycles. The van der Waals surface area contributed by atoms with Crippen LogP contribution in [0.3, 0.4) is 0 Å². The van der Waals surface area contributed by atoms with E-state index in [0.717, 1.165) is 22.6 Å². The number of hydrogen-bond acceptors (Lipinski definition) is 9. The van der Waals surface area contributed by atoms with Gasteiger partial charge in [0.05, 0.1) is 30.7 Å². The van der Waals surface area contributed by atoms with Gasteiger partial charge in [0.25, 0.3) is 5.16 Å². The van der Waals surface area contributed by atoms with Gasteiger partial charge in [-0.15, -0.1) is 5.10 Å². The third kappa shape index (κ3) is 6.15. The van der Waals surface area contributed by atoms with E-state index in [0.29, 0.717) is 40.3 Å². The Bertz CT molecular complexity index is 2120. The summed E-state index contributed by atoms with van der Waals surface area (Å²) in [6.45, 7) is 0.789. The second-order valence-corrected chi connectivity index (χ2v) is 12.9. The molecular weight excluding hydrogens is 668 g/mol. The van der Waals surface area contributed by atoms with Crippen LogP contribution >= 0.6 is 15.9 Å². The highest BCUT2D eigenvalue weighted by Gasteiger charge is 2.28. The van der Waals surface area contributed by atoms with Gasteiger partial charge in [0.2, 0.25) is 15.5 Å². The van der Waals surface area contributed by atoms with Crippen molar-refractivity contribution in [2.75, 3.05) is 19.1 Å². The second-order valence-electron chi connectivity index (χ2n) is 10.3. The minimum Gasteiger partial charge on any atom is -0.497 e. The fourth-order valence-corrected chi connectivity index (χ4v) is 6.62. The number of benzene rings is 4. The van der Waals surface area contributed by atoms with E-state index >= 15 is 0 Å². The van der Waals surface area contributed by atoms with E-state index in [1.165, 1.54) is 16.6 Å². The summed E-state index contributed by atoms with van der Waals surface area (Å²) < 4.78 is 39.9. The number of rotatable bonds is 10. The lowest BCUT2D eigenvalue weighted by Crippen LogP contribution is -2.24. The summed E-state index contributed by atoms with van der Waals surface area (Å²) in [5, 5.41) is 13.7. The van der Waals surface area contributed by atoms with Gasteiger partial charge < -0.3 is 14.4 Å². The lowest BCUT2D eigenvalue weighted by atomic mass is 10.1. The van der Waals surface area contributed by atoms with E-state index in [-0.39, 0.29) is 15.7 Å². The van der Waals surface area contributed by atoms with Crippen LogP contribution in [0.2, 0.25) is 0 Å². The molecule has 0 atom stereocenters. The lowest BCUT2D eigenvalue weighted by molar-refractivity contribution is 0.414. The first-order valence-electron chi connectivity index (χ1n) is 14.1. The van der Waals surface area contributed by atoms with Crippen molar-refractivity contribution in [2.24, 2.45) is 0 Å². The van der Waals surface area contributed by atoms with Crippen molar-refractivity contribution < 1.29 is 17.9 Å². The normalized spacial score (nSPS) is 11.3. The van der Waals surface area contributed by atoms with Gasteiger partial charge in [-0.2, -0.15) is 14.8 Å². The lowest BCUT2D eigenvalue weighted by Gasteiger charge is -2.25. The number of nitrogens with zero attached hydrogens (tertiary/aromatic N) is 6. The number of anilines is 1. The summed E-state index contributed by atoms with van der Waals surface area (Å²) in [6, 6.07) is 32.6. The highest BCUT2D eigenvalue weighted by atomic mass is 79.9. The largest absolute Gasteiger partial charge is 0.497 e. The molecule has 0 N–H and O–H groups in total. The zero-order chi connectivity index (χ0) is 32.3. The number of halogens is 1. The molecule has 2 aromatic heterocycles. The molecule has 0 fully saturated rings. The summed E-state index contributed by atoms with van der Waals surface area (Å²) in [5.74, 6) is 1.85. The fraction of sp³-hybridized carbons (Fsp3) is 0.118. The third-order valence-corrected chi connectivity index (χ3v) is 9.57. The van der Waals surface area contributed by atoms with Gasteiger partial charge in [0.15, 0.2) is 5.82 Å². The second kappa shape index (κ2) is 13.0. The first-order valence-corrected chi connectivity index (χ1v) is 16.4. The average molecular weight is 696 g/mol. The molecule has 2 heterocycles. The number of hydrogen-bond donors (Lipinski definition) is 0. The highest BCUT2D eigenvalue weighted by Crippen LogP contribution is 2.34. The molecule has 12 heteroatoms. The molecular formula is C34H27BrN6O4S. The van der Waals surface area contributed by atoms with Crippen molar-refractivity contribution in [1.82, 2.24) is 19.6 Å². The maximum Gasteiger partial charge on any atom is 0.272 e. The summed E-state index contributed by atoms with van der Waals surface area (Å²) in [4.78, 5) is 11.7. The van der Waals surface area contributed by atoms with Gasteiger partial charge in [-0.1, -0.05) is 54.6 Å². The monoisotopic (exact) mass is 694 g/mol. The highest BCUT2D eigenvalue weighted by molar-refractivity contribution is 9.10. The van der Waals surface area contributed by atoms with E-state index in [2.05, 4.69) is 32.1 Å². The molecule has 0 aliphatic carbocycles. The number of fused-ring (bicyclic) bond motifs is 1. The number of ether oxygens (including phenoxy) is 2. The van der Waals surface area contributed by atoms with Crippen LogP contribution in [0.4, 0.5) is 5.82 Å². The van der Waals surface area contributed by atoms with E-state index in [4.69, 9.17) is 14.5 Å². The predicted molar refractivity (Wildman–Crippen MR) is 176 cm³/mol. The molecule has 0 unspecified atom stereocenters. The Hall–Kier alpha value is -5.25. The molecule has 6 rings (SSSR count). The van der Waals surface area contributed by atoms with E-state index in [1.807, 2.05) is 59.5 Å². The molecule has 230 valence electrons. The molecule has 0 aliphatic rings. The summed E-state index contributed by atoms with van der Waals surface area (Å²) >= 11 is 3.62. The van der Waals surface area contributed by atoms with Crippen LogP contribution < -0.4 is 14.4 Å². The molecule has 0 saturated carbocycles. The van der Waals surface area contributed by atoms with Gasteiger partial charge >= 0.3 is 0 Å². The van der Waals surface area contributed by atoms with Crippen molar-refractivity contribution in [2.45, 2.75) is 23.1 Å². The summed E-state index contributed by atoms with van der Waals surface area (Å²) in [6.07, 6.45) is 0. The zero-order valence-electron chi connectivity index (χ0n) is 24.8. The van der Waals surface area contributed by atoms with Gasteiger partial charge in [-0.3, -0.25) is 0 Å². The number of nitriles is 1. The molecule has 0 bridgehead atoms. The standard InChI is InChI=1S/C34H27BrN6O4S/c1-44-27-15-11-23(12-16-27)21-40(22-24-13-17-28(45-2)18-14-24)32-33-38-34(46(42,43)29-9-4-3-5-10-29)39-41(33)31(35)30(37-32)26-8-6-7-25(19-26)20-36/h3-19H,21-22H2,1-2H3. The molecule has 6 aromatic rings. The topological polar surface area (TPSA) is 123 Å². The molecule has 0 amide bonds. The number of sulfone groups is 1. The smallest absolute Gasteiger partial charge is 0.272 e. The van der Waals surface area contributed by atoms with Crippen molar-refractivity contribution in [1.29, 1.82) is 5.26 Å². The Morgan fingerprint density at radius 1 is 0.826 bits per heavy atom. The van der Waals surface area contributed by atoms with Crippen molar-refractivity contribution >= 4 is 37.2 Å². The molecule has 46 heavy (non-hydrogen) atoms. The van der Waals surface area contributed by atoms with Crippen molar-refractivity contribution in [3.8, 4) is 28.8 Å². The molecule has 0 radical (unpaired) electrons. The first kappa shape index (κ1) is 30.8. The van der Waals surface area contributed by atoms with Gasteiger partial charge in [0, 0.05) is 18.7 Å². The minimum absolute atomic E-state index is 0.0757. The van der Waals surface area contributed by atoms with Crippen LogP contribution in [-0.4, -0.2) is 42.2 Å². The Kier molecular flexibility index (Phi) is 8.70. The Morgan fingerprint density at radius 3 is 2.00 bits per heavy atom. The molecule has 4 aromatic carbocycles. The van der Waals surface area contributed by atoms with E-state index in [1.54, 1.807) is 50.6 Å². The van der Waals surface area contributed by atoms with Crippen LogP contribution in [0.1, 0.15) is 16.7 Å². The SMILES string of the molecule is COc1ccc(CN(Cc2ccc(OC)cc2)c2nc(-c3cccc(C#N)c3)c(Br)n3nc(S(=O)(=O)c4ccccc4)nc23)cc1. The van der Waals surface area contributed by atoms with Crippen molar-refractivity contribution in [3.63, 3.8) is 0 Å². The van der Waals surface area contributed by atoms with E-state index in [9.17, 15) is 13.7 Å². The third-order valence-electron chi connectivity index (χ3n) is 7.31. The Morgan fingerprint density at radius 2 is 1.43 bits per heavy atom. The predicted octanol–water partition coefficient (Wildman–Crippen LogP) is 6.48. The van der Waals surface area contributed by atoms with Gasteiger partial charge in [-0.25, -0.2) is 13.4 Å². The Labute approximate surface area is 274 Å². The van der Waals surface area contributed by atoms with Crippen LogP contribution in [0.25, 0.3) is 16.9 Å². The fourth-order valence-electron chi connectivity index (χ4n) is 4.94. The quantitative estimate of drug-likeness (QED) is 0.158.